The Labute approximate surface area is 70.6 Å². The maximum atomic E-state index is 3.67. The minimum absolute atomic E-state index is 0.720. The fraction of sp³-hybridized carbons (Fsp3) is 1.00. The molecular formula is C10H21N. The summed E-state index contributed by atoms with van der Waals surface area (Å²) >= 11 is 0. The number of nitrogens with one attached hydrogen (secondary N) is 1. The fourth-order valence-electron chi connectivity index (χ4n) is 1.79. The van der Waals surface area contributed by atoms with Crippen molar-refractivity contribution >= 4 is 0 Å². The summed E-state index contributed by atoms with van der Waals surface area (Å²) in [6.45, 7) is 4.54. The molecule has 0 saturated heterocycles. The fourth-order valence-corrected chi connectivity index (χ4v) is 1.79. The first-order chi connectivity index (χ1) is 5.33. The van der Waals surface area contributed by atoms with Crippen molar-refractivity contribution < 1.29 is 0 Å². The maximum Gasteiger partial charge on any atom is 0.00695 e. The molecule has 1 nitrogen and oxygen atoms in total. The molecule has 1 aliphatic rings. The minimum Gasteiger partial charge on any atom is -0.312 e. The van der Waals surface area contributed by atoms with E-state index in [2.05, 4.69) is 19.2 Å². The SMILES string of the molecule is CC[C@@H](C)NC1CCCCC1. The van der Waals surface area contributed by atoms with Gasteiger partial charge in [-0.3, -0.25) is 0 Å². The standard InChI is InChI=1S/C10H21N/c1-3-9(2)11-10-7-5-4-6-8-10/h9-11H,3-8H2,1-2H3/t9-/m1/s1. The predicted molar refractivity (Wildman–Crippen MR) is 49.8 cm³/mol. The zero-order chi connectivity index (χ0) is 8.10. The van der Waals surface area contributed by atoms with Crippen molar-refractivity contribution in [3.8, 4) is 0 Å². The molecule has 0 aromatic rings. The topological polar surface area (TPSA) is 12.0 Å². The van der Waals surface area contributed by atoms with Gasteiger partial charge in [-0.1, -0.05) is 26.2 Å². The zero-order valence-electron chi connectivity index (χ0n) is 7.90. The van der Waals surface area contributed by atoms with Crippen molar-refractivity contribution in [1.29, 1.82) is 0 Å². The van der Waals surface area contributed by atoms with E-state index in [9.17, 15) is 0 Å². The van der Waals surface area contributed by atoms with Gasteiger partial charge in [-0.05, 0) is 26.2 Å². The Morgan fingerprint density at radius 1 is 1.27 bits per heavy atom. The van der Waals surface area contributed by atoms with Crippen molar-refractivity contribution in [3.63, 3.8) is 0 Å². The summed E-state index contributed by atoms with van der Waals surface area (Å²) in [5.41, 5.74) is 0. The Bertz CT molecular complexity index is 95.0. The lowest BCUT2D eigenvalue weighted by Gasteiger charge is -2.25. The van der Waals surface area contributed by atoms with Gasteiger partial charge in [0.05, 0.1) is 0 Å². The van der Waals surface area contributed by atoms with Crippen LogP contribution in [0.25, 0.3) is 0 Å². The molecule has 11 heavy (non-hydrogen) atoms. The van der Waals surface area contributed by atoms with E-state index in [-0.39, 0.29) is 0 Å². The lowest BCUT2D eigenvalue weighted by molar-refractivity contribution is 0.340. The Kier molecular flexibility index (Phi) is 3.92. The molecule has 0 unspecified atom stereocenters. The molecule has 66 valence electrons. The number of rotatable bonds is 3. The van der Waals surface area contributed by atoms with Crippen molar-refractivity contribution in [2.75, 3.05) is 0 Å². The summed E-state index contributed by atoms with van der Waals surface area (Å²) < 4.78 is 0. The van der Waals surface area contributed by atoms with Crippen LogP contribution in [0.5, 0.6) is 0 Å². The molecule has 0 spiro atoms. The maximum absolute atomic E-state index is 3.67. The smallest absolute Gasteiger partial charge is 0.00695 e. The molecular weight excluding hydrogens is 134 g/mol. The molecule has 0 aromatic heterocycles. The Morgan fingerprint density at radius 3 is 2.45 bits per heavy atom. The molecule has 1 N–H and O–H groups in total. The van der Waals surface area contributed by atoms with Crippen molar-refractivity contribution in [2.45, 2.75) is 64.5 Å². The third-order valence-electron chi connectivity index (χ3n) is 2.74. The lowest BCUT2D eigenvalue weighted by atomic mass is 9.95. The van der Waals surface area contributed by atoms with Crippen LogP contribution in [-0.2, 0) is 0 Å². The highest BCUT2D eigenvalue weighted by Crippen LogP contribution is 2.17. The van der Waals surface area contributed by atoms with E-state index in [1.807, 2.05) is 0 Å². The monoisotopic (exact) mass is 155 g/mol. The molecule has 1 atom stereocenters. The van der Waals surface area contributed by atoms with E-state index in [0.29, 0.717) is 0 Å². The largest absolute Gasteiger partial charge is 0.312 e. The summed E-state index contributed by atoms with van der Waals surface area (Å²) in [6.07, 6.45) is 8.41. The third kappa shape index (κ3) is 3.24. The molecule has 0 aliphatic heterocycles. The normalized spacial score (nSPS) is 23.5. The van der Waals surface area contributed by atoms with E-state index in [4.69, 9.17) is 0 Å². The predicted octanol–water partition coefficient (Wildman–Crippen LogP) is 2.71. The zero-order valence-corrected chi connectivity index (χ0v) is 7.90. The Morgan fingerprint density at radius 2 is 1.91 bits per heavy atom. The van der Waals surface area contributed by atoms with E-state index >= 15 is 0 Å². The second kappa shape index (κ2) is 4.76. The van der Waals surface area contributed by atoms with Gasteiger partial charge in [0.1, 0.15) is 0 Å². The third-order valence-corrected chi connectivity index (χ3v) is 2.74. The van der Waals surface area contributed by atoms with Crippen LogP contribution in [-0.4, -0.2) is 12.1 Å². The molecule has 0 heterocycles. The highest BCUT2D eigenvalue weighted by molar-refractivity contribution is 4.74. The highest BCUT2D eigenvalue weighted by Gasteiger charge is 2.13. The first kappa shape index (κ1) is 9.05. The molecule has 0 radical (unpaired) electrons. The van der Waals surface area contributed by atoms with E-state index in [1.54, 1.807) is 0 Å². The average molecular weight is 155 g/mol. The summed E-state index contributed by atoms with van der Waals surface area (Å²) in [5.74, 6) is 0. The minimum atomic E-state index is 0.720. The van der Waals surface area contributed by atoms with Crippen LogP contribution in [0.2, 0.25) is 0 Å². The molecule has 1 rings (SSSR count). The molecule has 1 fully saturated rings. The second-order valence-electron chi connectivity index (χ2n) is 3.81. The van der Waals surface area contributed by atoms with Crippen LogP contribution in [0, 0.1) is 0 Å². The molecule has 0 aromatic carbocycles. The average Bonchev–Trinajstić information content (AvgIpc) is 2.06. The van der Waals surface area contributed by atoms with Crippen LogP contribution in [0.3, 0.4) is 0 Å². The summed E-state index contributed by atoms with van der Waals surface area (Å²) in [4.78, 5) is 0. The summed E-state index contributed by atoms with van der Waals surface area (Å²) in [5, 5.41) is 3.67. The molecule has 1 saturated carbocycles. The quantitative estimate of drug-likeness (QED) is 0.660. The van der Waals surface area contributed by atoms with Crippen LogP contribution >= 0.6 is 0 Å². The van der Waals surface area contributed by atoms with Gasteiger partial charge in [0.15, 0.2) is 0 Å². The van der Waals surface area contributed by atoms with Gasteiger partial charge in [-0.2, -0.15) is 0 Å². The van der Waals surface area contributed by atoms with Crippen LogP contribution < -0.4 is 5.32 Å². The van der Waals surface area contributed by atoms with E-state index < -0.39 is 0 Å². The number of hydrogen-bond donors (Lipinski definition) is 1. The van der Waals surface area contributed by atoms with Crippen LogP contribution in [0.4, 0.5) is 0 Å². The Hall–Kier alpha value is -0.0400. The van der Waals surface area contributed by atoms with Gasteiger partial charge < -0.3 is 5.32 Å². The van der Waals surface area contributed by atoms with Gasteiger partial charge in [0.2, 0.25) is 0 Å². The van der Waals surface area contributed by atoms with Crippen LogP contribution in [0.1, 0.15) is 52.4 Å². The van der Waals surface area contributed by atoms with Crippen molar-refractivity contribution in [1.82, 2.24) is 5.32 Å². The summed E-state index contributed by atoms with van der Waals surface area (Å²) in [7, 11) is 0. The van der Waals surface area contributed by atoms with Gasteiger partial charge in [0.25, 0.3) is 0 Å². The molecule has 0 amide bonds. The molecule has 0 bridgehead atoms. The first-order valence-electron chi connectivity index (χ1n) is 5.09. The van der Waals surface area contributed by atoms with E-state index in [0.717, 1.165) is 12.1 Å². The van der Waals surface area contributed by atoms with Crippen LogP contribution in [0.15, 0.2) is 0 Å². The van der Waals surface area contributed by atoms with Gasteiger partial charge in [-0.25, -0.2) is 0 Å². The van der Waals surface area contributed by atoms with Gasteiger partial charge >= 0.3 is 0 Å². The van der Waals surface area contributed by atoms with Gasteiger partial charge in [-0.15, -0.1) is 0 Å². The van der Waals surface area contributed by atoms with Crippen molar-refractivity contribution in [3.05, 3.63) is 0 Å². The Balaban J connectivity index is 2.13. The lowest BCUT2D eigenvalue weighted by Crippen LogP contribution is -2.37. The second-order valence-corrected chi connectivity index (χ2v) is 3.81. The molecule has 1 aliphatic carbocycles. The highest BCUT2D eigenvalue weighted by atomic mass is 14.9. The number of hydrogen-bond acceptors (Lipinski definition) is 1. The van der Waals surface area contributed by atoms with Crippen molar-refractivity contribution in [2.24, 2.45) is 0 Å². The van der Waals surface area contributed by atoms with E-state index in [1.165, 1.54) is 38.5 Å². The summed E-state index contributed by atoms with van der Waals surface area (Å²) in [6, 6.07) is 1.55. The van der Waals surface area contributed by atoms with Gasteiger partial charge in [0, 0.05) is 12.1 Å². The first-order valence-corrected chi connectivity index (χ1v) is 5.09. The molecule has 1 heteroatoms.